The Morgan fingerprint density at radius 1 is 1.32 bits per heavy atom. The number of methoxy groups -OCH3 is 1. The van der Waals surface area contributed by atoms with E-state index in [0.29, 0.717) is 5.56 Å². The molecule has 122 valence electrons. The Bertz CT molecular complexity index is 652. The van der Waals surface area contributed by atoms with Crippen molar-refractivity contribution in [1.82, 2.24) is 9.62 Å². The number of carbonyl (C=O) groups is 1. The molecule has 1 fully saturated rings. The van der Waals surface area contributed by atoms with Gasteiger partial charge in [-0.1, -0.05) is 6.07 Å². The maximum absolute atomic E-state index is 12.9. The lowest BCUT2D eigenvalue weighted by molar-refractivity contribution is 0.0600. The third kappa shape index (κ3) is 3.31. The second-order valence-electron chi connectivity index (χ2n) is 5.47. The summed E-state index contributed by atoms with van der Waals surface area (Å²) in [7, 11) is -0.754. The first-order valence-corrected chi connectivity index (χ1v) is 8.69. The first-order valence-electron chi connectivity index (χ1n) is 7.25. The molecule has 1 aliphatic heterocycles. The van der Waals surface area contributed by atoms with Crippen LogP contribution in [0.2, 0.25) is 0 Å². The molecule has 2 rings (SSSR count). The van der Waals surface area contributed by atoms with E-state index in [0.717, 1.165) is 25.9 Å². The van der Waals surface area contributed by atoms with Crippen LogP contribution in [0.3, 0.4) is 0 Å². The van der Waals surface area contributed by atoms with Gasteiger partial charge < -0.3 is 10.1 Å². The Hall–Kier alpha value is -1.44. The lowest BCUT2D eigenvalue weighted by Gasteiger charge is -2.31. The zero-order chi connectivity index (χ0) is 16.3. The lowest BCUT2D eigenvalue weighted by Crippen LogP contribution is -2.44. The molecule has 1 heterocycles. The molecule has 0 saturated carbocycles. The zero-order valence-electron chi connectivity index (χ0n) is 13.1. The van der Waals surface area contributed by atoms with Crippen LogP contribution < -0.4 is 5.32 Å². The van der Waals surface area contributed by atoms with E-state index in [-0.39, 0.29) is 16.5 Å². The summed E-state index contributed by atoms with van der Waals surface area (Å²) in [6.45, 7) is 3.35. The number of aryl methyl sites for hydroxylation is 1. The van der Waals surface area contributed by atoms with E-state index in [1.807, 2.05) is 0 Å². The van der Waals surface area contributed by atoms with Gasteiger partial charge >= 0.3 is 5.97 Å². The van der Waals surface area contributed by atoms with Crippen LogP contribution in [-0.2, 0) is 14.8 Å². The third-order valence-corrected chi connectivity index (χ3v) is 6.14. The molecule has 0 atom stereocenters. The van der Waals surface area contributed by atoms with E-state index >= 15 is 0 Å². The lowest BCUT2D eigenvalue weighted by atomic mass is 10.1. The van der Waals surface area contributed by atoms with E-state index in [4.69, 9.17) is 0 Å². The van der Waals surface area contributed by atoms with E-state index < -0.39 is 16.0 Å². The summed E-state index contributed by atoms with van der Waals surface area (Å²) in [6, 6.07) is 4.58. The molecule has 0 radical (unpaired) electrons. The third-order valence-electron chi connectivity index (χ3n) is 4.09. The quantitative estimate of drug-likeness (QED) is 0.840. The highest BCUT2D eigenvalue weighted by atomic mass is 32.2. The van der Waals surface area contributed by atoms with E-state index in [2.05, 4.69) is 10.1 Å². The average molecular weight is 326 g/mol. The van der Waals surface area contributed by atoms with Crippen molar-refractivity contribution >= 4 is 16.0 Å². The molecule has 1 N–H and O–H groups in total. The molecule has 0 unspecified atom stereocenters. The van der Waals surface area contributed by atoms with Crippen LogP contribution in [0, 0.1) is 6.92 Å². The predicted molar refractivity (Wildman–Crippen MR) is 83.4 cm³/mol. The molecule has 22 heavy (non-hydrogen) atoms. The number of rotatable bonds is 4. The van der Waals surface area contributed by atoms with Gasteiger partial charge in [0.05, 0.1) is 17.6 Å². The number of hydrogen-bond donors (Lipinski definition) is 1. The van der Waals surface area contributed by atoms with Gasteiger partial charge in [-0.05, 0) is 50.6 Å². The van der Waals surface area contributed by atoms with Crippen LogP contribution >= 0.6 is 0 Å². The molecule has 0 aromatic heterocycles. The number of hydrogen-bond acceptors (Lipinski definition) is 5. The van der Waals surface area contributed by atoms with Crippen LogP contribution in [0.15, 0.2) is 23.1 Å². The maximum atomic E-state index is 12.9. The van der Waals surface area contributed by atoms with Gasteiger partial charge in [-0.3, -0.25) is 0 Å². The van der Waals surface area contributed by atoms with Crippen molar-refractivity contribution in [2.45, 2.75) is 30.7 Å². The highest BCUT2D eigenvalue weighted by Gasteiger charge is 2.30. The fraction of sp³-hybridized carbons (Fsp3) is 0.533. The van der Waals surface area contributed by atoms with Gasteiger partial charge in [-0.15, -0.1) is 0 Å². The molecule has 1 aromatic carbocycles. The molecule has 0 amide bonds. The molecule has 0 spiro atoms. The van der Waals surface area contributed by atoms with Crippen molar-refractivity contribution in [2.75, 3.05) is 27.2 Å². The molecule has 7 heteroatoms. The molecule has 1 aromatic rings. The molecule has 1 saturated heterocycles. The number of nitrogens with one attached hydrogen (secondary N) is 1. The Morgan fingerprint density at radius 3 is 2.55 bits per heavy atom. The van der Waals surface area contributed by atoms with Gasteiger partial charge in [0.2, 0.25) is 10.0 Å². The fourth-order valence-corrected chi connectivity index (χ4v) is 4.31. The number of benzene rings is 1. The minimum atomic E-state index is -3.64. The van der Waals surface area contributed by atoms with Crippen LogP contribution in [-0.4, -0.2) is 52.0 Å². The molecule has 0 bridgehead atoms. The van der Waals surface area contributed by atoms with Crippen molar-refractivity contribution in [3.63, 3.8) is 0 Å². The van der Waals surface area contributed by atoms with Gasteiger partial charge in [0.15, 0.2) is 0 Å². The standard InChI is InChI=1S/C15H22N2O4S/c1-11-4-5-12(15(18)21-3)10-14(11)22(19,20)17(2)13-6-8-16-9-7-13/h4-5,10,13,16H,6-9H2,1-3H3. The molecular formula is C15H22N2O4S. The van der Waals surface area contributed by atoms with Crippen LogP contribution in [0.5, 0.6) is 0 Å². The van der Waals surface area contributed by atoms with Crippen molar-refractivity contribution < 1.29 is 17.9 Å². The van der Waals surface area contributed by atoms with Crippen LogP contribution in [0.4, 0.5) is 0 Å². The van der Waals surface area contributed by atoms with Gasteiger partial charge in [0, 0.05) is 13.1 Å². The van der Waals surface area contributed by atoms with Gasteiger partial charge in [-0.25, -0.2) is 13.2 Å². The maximum Gasteiger partial charge on any atom is 0.337 e. The largest absolute Gasteiger partial charge is 0.465 e. The minimum absolute atomic E-state index is 0.0209. The minimum Gasteiger partial charge on any atom is -0.465 e. The summed E-state index contributed by atoms with van der Waals surface area (Å²) >= 11 is 0. The van der Waals surface area contributed by atoms with Gasteiger partial charge in [0.1, 0.15) is 0 Å². The number of nitrogens with zero attached hydrogens (tertiary/aromatic N) is 1. The Labute approximate surface area is 131 Å². The zero-order valence-corrected chi connectivity index (χ0v) is 13.9. The Morgan fingerprint density at radius 2 is 1.95 bits per heavy atom. The Balaban J connectivity index is 2.37. The number of piperidine rings is 1. The smallest absolute Gasteiger partial charge is 0.337 e. The van der Waals surface area contributed by atoms with E-state index in [1.54, 1.807) is 26.1 Å². The number of carbonyl (C=O) groups excluding carboxylic acids is 1. The van der Waals surface area contributed by atoms with Crippen molar-refractivity contribution in [1.29, 1.82) is 0 Å². The van der Waals surface area contributed by atoms with Gasteiger partial charge in [-0.2, -0.15) is 4.31 Å². The van der Waals surface area contributed by atoms with E-state index in [1.165, 1.54) is 17.5 Å². The summed E-state index contributed by atoms with van der Waals surface area (Å²) in [4.78, 5) is 11.8. The predicted octanol–water partition coefficient (Wildman–Crippen LogP) is 1.15. The summed E-state index contributed by atoms with van der Waals surface area (Å²) in [5.74, 6) is -0.541. The summed E-state index contributed by atoms with van der Waals surface area (Å²) in [5, 5.41) is 3.22. The van der Waals surface area contributed by atoms with Crippen molar-refractivity contribution in [3.8, 4) is 0 Å². The fourth-order valence-electron chi connectivity index (χ4n) is 2.64. The summed E-state index contributed by atoms with van der Waals surface area (Å²) < 4.78 is 31.8. The SMILES string of the molecule is COC(=O)c1ccc(C)c(S(=O)(=O)N(C)C2CCNCC2)c1. The highest BCUT2D eigenvalue weighted by molar-refractivity contribution is 7.89. The average Bonchev–Trinajstić information content (AvgIpc) is 2.54. The highest BCUT2D eigenvalue weighted by Crippen LogP contribution is 2.24. The number of sulfonamides is 1. The molecule has 1 aliphatic rings. The van der Waals surface area contributed by atoms with Crippen molar-refractivity contribution in [2.24, 2.45) is 0 Å². The molecular weight excluding hydrogens is 304 g/mol. The second-order valence-corrected chi connectivity index (χ2v) is 7.44. The number of ether oxygens (including phenoxy) is 1. The van der Waals surface area contributed by atoms with Gasteiger partial charge in [0.25, 0.3) is 0 Å². The first kappa shape index (κ1) is 16.9. The van der Waals surface area contributed by atoms with Crippen LogP contribution in [0.25, 0.3) is 0 Å². The summed E-state index contributed by atoms with van der Waals surface area (Å²) in [6.07, 6.45) is 1.57. The number of esters is 1. The topological polar surface area (TPSA) is 75.7 Å². The molecule has 6 nitrogen and oxygen atoms in total. The second kappa shape index (κ2) is 6.76. The molecule has 0 aliphatic carbocycles. The summed E-state index contributed by atoms with van der Waals surface area (Å²) in [5.41, 5.74) is 0.860. The van der Waals surface area contributed by atoms with Crippen LogP contribution in [0.1, 0.15) is 28.8 Å². The normalized spacial score (nSPS) is 16.7. The van der Waals surface area contributed by atoms with E-state index in [9.17, 15) is 13.2 Å². The monoisotopic (exact) mass is 326 g/mol. The Kier molecular flexibility index (Phi) is 5.20. The first-order chi connectivity index (χ1) is 10.4. The van der Waals surface area contributed by atoms with Crippen molar-refractivity contribution in [3.05, 3.63) is 29.3 Å².